The van der Waals surface area contributed by atoms with Crippen LogP contribution >= 0.6 is 0 Å². The van der Waals surface area contributed by atoms with Crippen LogP contribution in [0.4, 0.5) is 11.4 Å². The molecule has 4 aromatic rings. The minimum atomic E-state index is -0.568. The van der Waals surface area contributed by atoms with E-state index in [4.69, 9.17) is 0 Å². The zero-order valence-corrected chi connectivity index (χ0v) is 16.1. The Morgan fingerprint density at radius 2 is 0.931 bits per heavy atom. The van der Waals surface area contributed by atoms with E-state index in [1.165, 1.54) is 0 Å². The van der Waals surface area contributed by atoms with Gasteiger partial charge in [-0.1, -0.05) is 60.7 Å². The molecule has 0 unspecified atom stereocenters. The van der Waals surface area contributed by atoms with Crippen molar-refractivity contribution in [2.24, 2.45) is 0 Å². The Balaban J connectivity index is 1.96. The molecule has 0 atom stereocenters. The van der Waals surface area contributed by atoms with Crippen LogP contribution in [0, 0.1) is 0 Å². The molecule has 4 aromatic carbocycles. The second kappa shape index (κ2) is 6.42. The topological polar surface area (TPSA) is 43.7 Å². The van der Waals surface area contributed by atoms with E-state index >= 15 is 0 Å². The largest absolute Gasteiger partial charge is 0.508 e. The quantitative estimate of drug-likeness (QED) is 0.479. The Morgan fingerprint density at radius 1 is 0.552 bits per heavy atom. The van der Waals surface area contributed by atoms with Gasteiger partial charge in [-0.05, 0) is 58.7 Å². The zero-order chi connectivity index (χ0) is 20.0. The fourth-order valence-corrected chi connectivity index (χ4v) is 4.65. The van der Waals surface area contributed by atoms with Gasteiger partial charge in [-0.2, -0.15) is 0 Å². The number of phenolic OH excluding ortho intramolecular Hbond substituents is 2. The maximum absolute atomic E-state index is 9.94. The lowest BCUT2D eigenvalue weighted by atomic mass is 9.62. The Bertz CT molecular complexity index is 1090. The predicted octanol–water partition coefficient (Wildman–Crippen LogP) is 5.56. The molecule has 0 saturated heterocycles. The first-order chi connectivity index (χ1) is 14.1. The van der Waals surface area contributed by atoms with Crippen molar-refractivity contribution in [3.8, 4) is 11.5 Å². The molecular formula is C26H21NO2. The molecule has 0 amide bonds. The van der Waals surface area contributed by atoms with Gasteiger partial charge in [0.25, 0.3) is 0 Å². The van der Waals surface area contributed by atoms with Gasteiger partial charge in [-0.25, -0.2) is 0 Å². The summed E-state index contributed by atoms with van der Waals surface area (Å²) in [7, 11) is 2.09. The van der Waals surface area contributed by atoms with Gasteiger partial charge in [-0.3, -0.25) is 0 Å². The number of benzene rings is 4. The van der Waals surface area contributed by atoms with Gasteiger partial charge in [0.05, 0.1) is 5.41 Å². The summed E-state index contributed by atoms with van der Waals surface area (Å²) < 4.78 is 0. The fraction of sp³-hybridized carbons (Fsp3) is 0.0769. The molecule has 0 aliphatic carbocycles. The molecule has 3 heteroatoms. The van der Waals surface area contributed by atoms with Gasteiger partial charge < -0.3 is 15.1 Å². The molecule has 5 rings (SSSR count). The van der Waals surface area contributed by atoms with Gasteiger partial charge >= 0.3 is 0 Å². The van der Waals surface area contributed by atoms with Crippen LogP contribution in [0.2, 0.25) is 0 Å². The van der Waals surface area contributed by atoms with Crippen LogP contribution in [0.1, 0.15) is 22.3 Å². The molecule has 0 spiro atoms. The summed E-state index contributed by atoms with van der Waals surface area (Å²) in [6.07, 6.45) is 0. The van der Waals surface area contributed by atoms with E-state index in [0.29, 0.717) is 0 Å². The van der Waals surface area contributed by atoms with Crippen molar-refractivity contribution >= 4 is 11.4 Å². The fourth-order valence-electron chi connectivity index (χ4n) is 4.65. The number of hydrogen-bond acceptors (Lipinski definition) is 3. The van der Waals surface area contributed by atoms with Crippen molar-refractivity contribution in [1.29, 1.82) is 0 Å². The molecule has 142 valence electrons. The standard InChI is InChI=1S/C26H21NO2/c1-27-24-8-4-2-6-22(24)26(18-10-14-20(28)15-11-18,19-12-16-21(29)17-13-19)23-7-3-5-9-25(23)27/h2-17,28-29H,1H3. The molecular weight excluding hydrogens is 358 g/mol. The average Bonchev–Trinajstić information content (AvgIpc) is 2.76. The summed E-state index contributed by atoms with van der Waals surface area (Å²) in [5, 5.41) is 19.9. The summed E-state index contributed by atoms with van der Waals surface area (Å²) in [6.45, 7) is 0. The van der Waals surface area contributed by atoms with Gasteiger partial charge in [-0.15, -0.1) is 0 Å². The molecule has 2 N–H and O–H groups in total. The third kappa shape index (κ3) is 2.44. The van der Waals surface area contributed by atoms with E-state index in [1.807, 2.05) is 24.3 Å². The van der Waals surface area contributed by atoms with Crippen molar-refractivity contribution in [2.75, 3.05) is 11.9 Å². The van der Waals surface area contributed by atoms with Crippen molar-refractivity contribution < 1.29 is 10.2 Å². The monoisotopic (exact) mass is 379 g/mol. The van der Waals surface area contributed by atoms with E-state index in [-0.39, 0.29) is 11.5 Å². The molecule has 0 aromatic heterocycles. The number of rotatable bonds is 2. The SMILES string of the molecule is CN1c2ccccc2C(c2ccc(O)cc2)(c2ccc(O)cc2)c2ccccc21. The third-order valence-corrected chi connectivity index (χ3v) is 5.94. The van der Waals surface area contributed by atoms with E-state index < -0.39 is 5.41 Å². The van der Waals surface area contributed by atoms with Gasteiger partial charge in [0.1, 0.15) is 11.5 Å². The molecule has 3 nitrogen and oxygen atoms in total. The van der Waals surface area contributed by atoms with Crippen molar-refractivity contribution in [1.82, 2.24) is 0 Å². The molecule has 0 fully saturated rings. The van der Waals surface area contributed by atoms with Crippen LogP contribution in [0.5, 0.6) is 11.5 Å². The van der Waals surface area contributed by atoms with Crippen LogP contribution in [0.15, 0.2) is 97.1 Å². The minimum Gasteiger partial charge on any atom is -0.508 e. The smallest absolute Gasteiger partial charge is 0.115 e. The number of aromatic hydroxyl groups is 2. The number of hydrogen-bond donors (Lipinski definition) is 2. The number of para-hydroxylation sites is 2. The lowest BCUT2D eigenvalue weighted by Crippen LogP contribution is -2.37. The highest BCUT2D eigenvalue weighted by Gasteiger charge is 2.45. The number of nitrogens with zero attached hydrogens (tertiary/aromatic N) is 1. The van der Waals surface area contributed by atoms with Crippen molar-refractivity contribution in [2.45, 2.75) is 5.41 Å². The second-order valence-corrected chi connectivity index (χ2v) is 7.44. The first-order valence-corrected chi connectivity index (χ1v) is 9.64. The molecule has 0 bridgehead atoms. The van der Waals surface area contributed by atoms with Crippen LogP contribution in [-0.4, -0.2) is 17.3 Å². The lowest BCUT2D eigenvalue weighted by molar-refractivity contribution is 0.474. The third-order valence-electron chi connectivity index (χ3n) is 5.94. The maximum Gasteiger partial charge on any atom is 0.115 e. The van der Waals surface area contributed by atoms with Crippen LogP contribution in [0.25, 0.3) is 0 Å². The number of phenols is 2. The predicted molar refractivity (Wildman–Crippen MR) is 116 cm³/mol. The van der Waals surface area contributed by atoms with Crippen LogP contribution in [0.3, 0.4) is 0 Å². The number of fused-ring (bicyclic) bond motifs is 2. The first-order valence-electron chi connectivity index (χ1n) is 9.64. The molecule has 1 aliphatic heterocycles. The van der Waals surface area contributed by atoms with E-state index in [0.717, 1.165) is 33.6 Å². The zero-order valence-electron chi connectivity index (χ0n) is 16.1. The molecule has 0 radical (unpaired) electrons. The lowest BCUT2D eigenvalue weighted by Gasteiger charge is -2.45. The summed E-state index contributed by atoms with van der Waals surface area (Å²) in [6, 6.07) is 31.8. The summed E-state index contributed by atoms with van der Waals surface area (Å²) in [5.74, 6) is 0.480. The molecule has 1 heterocycles. The number of anilines is 2. The normalized spacial score (nSPS) is 14.2. The Kier molecular flexibility index (Phi) is 3.85. The van der Waals surface area contributed by atoms with E-state index in [2.05, 4.69) is 60.5 Å². The minimum absolute atomic E-state index is 0.240. The highest BCUT2D eigenvalue weighted by atomic mass is 16.3. The Hall–Kier alpha value is -3.72. The molecule has 29 heavy (non-hydrogen) atoms. The van der Waals surface area contributed by atoms with Crippen molar-refractivity contribution in [3.63, 3.8) is 0 Å². The summed E-state index contributed by atoms with van der Waals surface area (Å²) >= 11 is 0. The van der Waals surface area contributed by atoms with Crippen LogP contribution < -0.4 is 4.90 Å². The van der Waals surface area contributed by atoms with Crippen LogP contribution in [-0.2, 0) is 5.41 Å². The second-order valence-electron chi connectivity index (χ2n) is 7.44. The van der Waals surface area contributed by atoms with E-state index in [9.17, 15) is 10.2 Å². The van der Waals surface area contributed by atoms with Gasteiger partial charge in [0.2, 0.25) is 0 Å². The first kappa shape index (κ1) is 17.4. The Labute approximate surface area is 170 Å². The molecule has 0 saturated carbocycles. The molecule has 1 aliphatic rings. The average molecular weight is 379 g/mol. The maximum atomic E-state index is 9.94. The highest BCUT2D eigenvalue weighted by Crippen LogP contribution is 2.55. The Morgan fingerprint density at radius 3 is 1.34 bits per heavy atom. The summed E-state index contributed by atoms with van der Waals surface area (Å²) in [5.41, 5.74) is 6.15. The summed E-state index contributed by atoms with van der Waals surface area (Å²) in [4.78, 5) is 2.23. The van der Waals surface area contributed by atoms with Crippen molar-refractivity contribution in [3.05, 3.63) is 119 Å². The van der Waals surface area contributed by atoms with Gasteiger partial charge in [0, 0.05) is 18.4 Å². The highest BCUT2D eigenvalue weighted by molar-refractivity contribution is 5.83. The van der Waals surface area contributed by atoms with Gasteiger partial charge in [0.15, 0.2) is 0 Å². The van der Waals surface area contributed by atoms with E-state index in [1.54, 1.807) is 24.3 Å².